The molecule has 24 heavy (non-hydrogen) atoms. The number of aryl methyl sites for hydroxylation is 1. The molecule has 0 aliphatic carbocycles. The molecule has 0 spiro atoms. The van der Waals surface area contributed by atoms with Gasteiger partial charge in [0.25, 0.3) is 0 Å². The summed E-state index contributed by atoms with van der Waals surface area (Å²) in [7, 11) is 1.88. The van der Waals surface area contributed by atoms with Gasteiger partial charge < -0.3 is 10.3 Å². The van der Waals surface area contributed by atoms with Crippen molar-refractivity contribution in [2.24, 2.45) is 0 Å². The number of fused-ring (bicyclic) bond motifs is 1. The van der Waals surface area contributed by atoms with Crippen molar-refractivity contribution in [3.8, 4) is 0 Å². The zero-order valence-corrected chi connectivity index (χ0v) is 14.5. The Morgan fingerprint density at radius 2 is 1.79 bits per heavy atom. The van der Waals surface area contributed by atoms with Crippen LogP contribution in [0.2, 0.25) is 0 Å². The molecule has 0 bridgehead atoms. The third kappa shape index (κ3) is 5.05. The molecule has 0 amide bonds. The zero-order valence-electron chi connectivity index (χ0n) is 14.5. The molecule has 2 N–H and O–H groups in total. The van der Waals surface area contributed by atoms with Gasteiger partial charge in [0.05, 0.1) is 11.2 Å². The summed E-state index contributed by atoms with van der Waals surface area (Å²) in [4.78, 5) is 28.9. The lowest BCUT2D eigenvalue weighted by Gasteiger charge is -2.01. The Labute approximate surface area is 141 Å². The highest BCUT2D eigenvalue weighted by atomic mass is 16.1. The summed E-state index contributed by atoms with van der Waals surface area (Å²) in [5.41, 5.74) is 2.92. The van der Waals surface area contributed by atoms with Crippen molar-refractivity contribution in [3.63, 3.8) is 0 Å². The number of hydrogen-bond donors (Lipinski definition) is 2. The molecule has 3 aromatic rings. The second-order valence-corrected chi connectivity index (χ2v) is 4.69. The maximum Gasteiger partial charge on any atom is 0.190 e. The van der Waals surface area contributed by atoms with E-state index in [0.29, 0.717) is 22.9 Å². The fourth-order valence-electron chi connectivity index (χ4n) is 2.09. The van der Waals surface area contributed by atoms with E-state index in [-0.39, 0.29) is 5.43 Å². The molecule has 0 fully saturated rings. The number of aromatic nitrogens is 2. The van der Waals surface area contributed by atoms with Gasteiger partial charge >= 0.3 is 0 Å². The minimum Gasteiger partial charge on any atom is -0.388 e. The number of carbonyl (C=O) groups is 1. The van der Waals surface area contributed by atoms with E-state index in [1.807, 2.05) is 52.1 Å². The Bertz CT molecular complexity index is 827. The van der Waals surface area contributed by atoms with Gasteiger partial charge in [-0.3, -0.25) is 14.6 Å². The number of nitrogens with zero attached hydrogens (tertiary/aromatic N) is 1. The number of benzene rings is 1. The van der Waals surface area contributed by atoms with Gasteiger partial charge in [0.15, 0.2) is 11.7 Å². The summed E-state index contributed by atoms with van der Waals surface area (Å²) in [6.45, 7) is 5.87. The summed E-state index contributed by atoms with van der Waals surface area (Å²) in [5.74, 6) is 0. The van der Waals surface area contributed by atoms with E-state index in [2.05, 4.69) is 15.3 Å². The van der Waals surface area contributed by atoms with Gasteiger partial charge in [0.2, 0.25) is 0 Å². The number of aldehydes is 1. The fraction of sp³-hybridized carbons (Fsp3) is 0.211. The average Bonchev–Trinajstić information content (AvgIpc) is 2.64. The van der Waals surface area contributed by atoms with Crippen molar-refractivity contribution >= 4 is 22.9 Å². The first-order valence-electron chi connectivity index (χ1n) is 7.81. The SMILES string of the molecule is CC.CNc1ccncc1.Cc1cccc2[nH]c(C=O)cc(=O)c12. The third-order valence-corrected chi connectivity index (χ3v) is 3.18. The third-order valence-electron chi connectivity index (χ3n) is 3.18. The van der Waals surface area contributed by atoms with Crippen LogP contribution in [0.15, 0.2) is 53.6 Å². The van der Waals surface area contributed by atoms with Crippen molar-refractivity contribution in [1.82, 2.24) is 9.97 Å². The van der Waals surface area contributed by atoms with Crippen LogP contribution in [0.4, 0.5) is 5.69 Å². The zero-order chi connectivity index (χ0) is 17.9. The molecule has 5 nitrogen and oxygen atoms in total. The number of anilines is 1. The van der Waals surface area contributed by atoms with E-state index in [4.69, 9.17) is 0 Å². The van der Waals surface area contributed by atoms with Crippen molar-refractivity contribution in [3.05, 3.63) is 70.3 Å². The molecule has 0 saturated heterocycles. The molecule has 0 aliphatic rings. The lowest BCUT2D eigenvalue weighted by Crippen LogP contribution is -2.05. The van der Waals surface area contributed by atoms with Crippen molar-refractivity contribution in [2.75, 3.05) is 12.4 Å². The average molecular weight is 325 g/mol. The highest BCUT2D eigenvalue weighted by Gasteiger charge is 2.03. The van der Waals surface area contributed by atoms with Crippen molar-refractivity contribution in [1.29, 1.82) is 0 Å². The fourth-order valence-corrected chi connectivity index (χ4v) is 2.09. The lowest BCUT2D eigenvalue weighted by molar-refractivity contribution is 0.111. The van der Waals surface area contributed by atoms with E-state index in [0.717, 1.165) is 11.3 Å². The number of carbonyl (C=O) groups excluding carboxylic acids is 1. The van der Waals surface area contributed by atoms with Crippen LogP contribution in [0.5, 0.6) is 0 Å². The molecule has 126 valence electrons. The largest absolute Gasteiger partial charge is 0.388 e. The molecule has 0 atom stereocenters. The molecule has 2 aromatic heterocycles. The second kappa shape index (κ2) is 9.94. The Kier molecular flexibility index (Phi) is 7.91. The van der Waals surface area contributed by atoms with Gasteiger partial charge in [-0.1, -0.05) is 26.0 Å². The van der Waals surface area contributed by atoms with Gasteiger partial charge in [-0.15, -0.1) is 0 Å². The number of hydrogen-bond acceptors (Lipinski definition) is 4. The predicted octanol–water partition coefficient (Wildman–Crippen LogP) is 3.80. The highest BCUT2D eigenvalue weighted by molar-refractivity contribution is 5.85. The lowest BCUT2D eigenvalue weighted by atomic mass is 10.1. The molecule has 3 rings (SSSR count). The summed E-state index contributed by atoms with van der Waals surface area (Å²) >= 11 is 0. The predicted molar refractivity (Wildman–Crippen MR) is 99.8 cm³/mol. The molecule has 2 heterocycles. The quantitative estimate of drug-likeness (QED) is 0.703. The van der Waals surface area contributed by atoms with E-state index in [9.17, 15) is 9.59 Å². The molecule has 1 aromatic carbocycles. The Hall–Kier alpha value is -2.95. The standard InChI is InChI=1S/C11H9NO2.C6H8N2.C2H6/c1-7-3-2-4-9-11(7)10(14)5-8(6-13)12-9;1-7-6-2-4-8-5-3-6;1-2/h2-6H,1H3,(H,12,14);2-5H,1H3,(H,7,8);1-2H3. The van der Waals surface area contributed by atoms with E-state index >= 15 is 0 Å². The molecular weight excluding hydrogens is 302 g/mol. The highest BCUT2D eigenvalue weighted by Crippen LogP contribution is 2.11. The summed E-state index contributed by atoms with van der Waals surface area (Å²) in [6.07, 6.45) is 4.15. The van der Waals surface area contributed by atoms with Crippen LogP contribution in [0, 0.1) is 6.92 Å². The smallest absolute Gasteiger partial charge is 0.190 e. The van der Waals surface area contributed by atoms with Crippen molar-refractivity contribution < 1.29 is 4.79 Å². The van der Waals surface area contributed by atoms with Crippen LogP contribution in [-0.4, -0.2) is 23.3 Å². The van der Waals surface area contributed by atoms with Crippen LogP contribution in [0.3, 0.4) is 0 Å². The molecule has 5 heteroatoms. The number of nitrogens with one attached hydrogen (secondary N) is 2. The van der Waals surface area contributed by atoms with Gasteiger partial charge in [-0.2, -0.15) is 0 Å². The van der Waals surface area contributed by atoms with Crippen molar-refractivity contribution in [2.45, 2.75) is 20.8 Å². The topological polar surface area (TPSA) is 74.8 Å². The molecule has 0 saturated carbocycles. The Morgan fingerprint density at radius 1 is 1.12 bits per heavy atom. The van der Waals surface area contributed by atoms with Crippen LogP contribution >= 0.6 is 0 Å². The first-order chi connectivity index (χ1) is 11.7. The first-order valence-corrected chi connectivity index (χ1v) is 7.81. The van der Waals surface area contributed by atoms with Crippen LogP contribution in [-0.2, 0) is 0 Å². The number of pyridine rings is 2. The molecular formula is C19H23N3O2. The maximum atomic E-state index is 11.6. The number of H-pyrrole nitrogens is 1. The van der Waals surface area contributed by atoms with Gasteiger partial charge in [0.1, 0.15) is 0 Å². The van der Waals surface area contributed by atoms with Gasteiger partial charge in [0, 0.05) is 36.6 Å². The molecule has 0 aliphatic heterocycles. The van der Waals surface area contributed by atoms with E-state index < -0.39 is 0 Å². The molecule has 0 unspecified atom stereocenters. The Balaban J connectivity index is 0.000000245. The normalized spacial score (nSPS) is 9.17. The van der Waals surface area contributed by atoms with Crippen LogP contribution in [0.25, 0.3) is 10.9 Å². The number of aromatic amines is 1. The Morgan fingerprint density at radius 3 is 2.33 bits per heavy atom. The maximum absolute atomic E-state index is 11.6. The van der Waals surface area contributed by atoms with Gasteiger partial charge in [-0.05, 0) is 30.7 Å². The summed E-state index contributed by atoms with van der Waals surface area (Å²) in [5, 5.41) is 3.64. The van der Waals surface area contributed by atoms with Crippen LogP contribution in [0.1, 0.15) is 29.9 Å². The summed E-state index contributed by atoms with van der Waals surface area (Å²) < 4.78 is 0. The summed E-state index contributed by atoms with van der Waals surface area (Å²) in [6, 6.07) is 10.7. The molecule has 0 radical (unpaired) electrons. The van der Waals surface area contributed by atoms with E-state index in [1.165, 1.54) is 6.07 Å². The van der Waals surface area contributed by atoms with Crippen LogP contribution < -0.4 is 10.7 Å². The second-order valence-electron chi connectivity index (χ2n) is 4.69. The monoisotopic (exact) mass is 325 g/mol. The minimum atomic E-state index is -0.112. The van der Waals surface area contributed by atoms with Gasteiger partial charge in [-0.25, -0.2) is 0 Å². The first kappa shape index (κ1) is 19.1. The number of rotatable bonds is 2. The van der Waals surface area contributed by atoms with E-state index in [1.54, 1.807) is 18.5 Å². The minimum absolute atomic E-state index is 0.112.